The number of hydrogen-bond acceptors (Lipinski definition) is 2. The fourth-order valence-corrected chi connectivity index (χ4v) is 2.62. The summed E-state index contributed by atoms with van der Waals surface area (Å²) in [7, 11) is 0. The van der Waals surface area contributed by atoms with Gasteiger partial charge in [0.2, 0.25) is 0 Å². The van der Waals surface area contributed by atoms with Crippen molar-refractivity contribution in [2.24, 2.45) is 0 Å². The van der Waals surface area contributed by atoms with Crippen LogP contribution in [0.5, 0.6) is 0 Å². The molecular formula is C16H18N2. The molecule has 2 heteroatoms. The molecule has 2 nitrogen and oxygen atoms in total. The van der Waals surface area contributed by atoms with E-state index in [1.54, 1.807) is 0 Å². The third-order valence-corrected chi connectivity index (χ3v) is 3.54. The molecule has 0 saturated carbocycles. The Kier molecular flexibility index (Phi) is 2.51. The van der Waals surface area contributed by atoms with E-state index in [0.29, 0.717) is 6.17 Å². The summed E-state index contributed by atoms with van der Waals surface area (Å²) in [5, 5.41) is 3.52. The maximum absolute atomic E-state index is 3.52. The van der Waals surface area contributed by atoms with Crippen LogP contribution in [0.3, 0.4) is 0 Å². The molecule has 2 aromatic carbocycles. The summed E-state index contributed by atoms with van der Waals surface area (Å²) in [6.07, 6.45) is 0.294. The molecule has 2 aromatic rings. The number of nitrogens with zero attached hydrogens (tertiary/aromatic N) is 1. The Balaban J connectivity index is 2.14. The first kappa shape index (κ1) is 11.1. The Hall–Kier alpha value is -1.96. The van der Waals surface area contributed by atoms with Crippen LogP contribution in [0.4, 0.5) is 17.1 Å². The van der Waals surface area contributed by atoms with Crippen molar-refractivity contribution in [3.63, 3.8) is 0 Å². The average Bonchev–Trinajstić information content (AvgIpc) is 2.68. The highest BCUT2D eigenvalue weighted by Crippen LogP contribution is 2.40. The van der Waals surface area contributed by atoms with Crippen molar-refractivity contribution < 1.29 is 0 Å². The molecule has 0 spiro atoms. The first-order chi connectivity index (χ1) is 8.66. The third kappa shape index (κ3) is 1.65. The largest absolute Gasteiger partial charge is 0.363 e. The third-order valence-electron chi connectivity index (χ3n) is 3.54. The highest BCUT2D eigenvalue weighted by molar-refractivity contribution is 5.83. The smallest absolute Gasteiger partial charge is 0.101 e. The SMILES string of the molecule is Cc1ccc(C)c(N2c3ccccc3NC2C)c1. The van der Waals surface area contributed by atoms with E-state index in [-0.39, 0.29) is 0 Å². The lowest BCUT2D eigenvalue weighted by molar-refractivity contribution is 0.839. The molecule has 1 heterocycles. The quantitative estimate of drug-likeness (QED) is 0.800. The van der Waals surface area contributed by atoms with Crippen LogP contribution < -0.4 is 10.2 Å². The van der Waals surface area contributed by atoms with Gasteiger partial charge in [0.1, 0.15) is 6.17 Å². The molecule has 0 aromatic heterocycles. The predicted octanol–water partition coefficient (Wildman–Crippen LogP) is 4.21. The molecule has 0 saturated heterocycles. The molecular weight excluding hydrogens is 220 g/mol. The minimum Gasteiger partial charge on any atom is -0.363 e. The summed E-state index contributed by atoms with van der Waals surface area (Å²) < 4.78 is 0. The van der Waals surface area contributed by atoms with Crippen LogP contribution in [-0.4, -0.2) is 6.17 Å². The topological polar surface area (TPSA) is 15.3 Å². The number of hydrogen-bond donors (Lipinski definition) is 1. The van der Waals surface area contributed by atoms with Gasteiger partial charge in [0, 0.05) is 5.69 Å². The fraction of sp³-hybridized carbons (Fsp3) is 0.250. The molecule has 1 N–H and O–H groups in total. The fourth-order valence-electron chi connectivity index (χ4n) is 2.62. The Morgan fingerprint density at radius 2 is 1.78 bits per heavy atom. The number of fused-ring (bicyclic) bond motifs is 1. The van der Waals surface area contributed by atoms with E-state index in [4.69, 9.17) is 0 Å². The van der Waals surface area contributed by atoms with Gasteiger partial charge in [-0.2, -0.15) is 0 Å². The van der Waals surface area contributed by atoms with Gasteiger partial charge in [-0.05, 0) is 50.1 Å². The molecule has 0 amide bonds. The van der Waals surface area contributed by atoms with Crippen LogP contribution in [0.25, 0.3) is 0 Å². The van der Waals surface area contributed by atoms with Gasteiger partial charge < -0.3 is 10.2 Å². The van der Waals surface area contributed by atoms with Crippen LogP contribution in [0.2, 0.25) is 0 Å². The molecule has 1 unspecified atom stereocenters. The first-order valence-corrected chi connectivity index (χ1v) is 6.39. The normalized spacial score (nSPS) is 17.5. The Bertz CT molecular complexity index is 589. The van der Waals surface area contributed by atoms with Gasteiger partial charge in [-0.1, -0.05) is 24.3 Å². The zero-order chi connectivity index (χ0) is 12.7. The molecule has 3 rings (SSSR count). The lowest BCUT2D eigenvalue weighted by atomic mass is 10.1. The van der Waals surface area contributed by atoms with Crippen LogP contribution in [0.1, 0.15) is 18.1 Å². The molecule has 1 aliphatic heterocycles. The molecule has 1 aliphatic rings. The van der Waals surface area contributed by atoms with E-state index in [2.05, 4.69) is 73.5 Å². The zero-order valence-corrected chi connectivity index (χ0v) is 11.1. The van der Waals surface area contributed by atoms with Crippen molar-refractivity contribution in [3.05, 3.63) is 53.6 Å². The van der Waals surface area contributed by atoms with Crippen molar-refractivity contribution >= 4 is 17.1 Å². The van der Waals surface area contributed by atoms with Crippen LogP contribution >= 0.6 is 0 Å². The lowest BCUT2D eigenvalue weighted by Gasteiger charge is -2.26. The summed E-state index contributed by atoms with van der Waals surface area (Å²) in [4.78, 5) is 2.37. The summed E-state index contributed by atoms with van der Waals surface area (Å²) in [5.74, 6) is 0. The van der Waals surface area contributed by atoms with Gasteiger partial charge in [-0.3, -0.25) is 0 Å². The molecule has 18 heavy (non-hydrogen) atoms. The van der Waals surface area contributed by atoms with Gasteiger partial charge in [0.15, 0.2) is 0 Å². The molecule has 92 valence electrons. The number of anilines is 3. The lowest BCUT2D eigenvalue weighted by Crippen LogP contribution is -2.28. The maximum Gasteiger partial charge on any atom is 0.101 e. The van der Waals surface area contributed by atoms with Crippen molar-refractivity contribution in [1.29, 1.82) is 0 Å². The summed E-state index contributed by atoms with van der Waals surface area (Å²) in [6, 6.07) is 15.1. The summed E-state index contributed by atoms with van der Waals surface area (Å²) >= 11 is 0. The molecule has 0 bridgehead atoms. The van der Waals surface area contributed by atoms with E-state index in [1.165, 1.54) is 28.2 Å². The number of para-hydroxylation sites is 2. The minimum absolute atomic E-state index is 0.294. The first-order valence-electron chi connectivity index (χ1n) is 6.39. The number of rotatable bonds is 1. The average molecular weight is 238 g/mol. The Morgan fingerprint density at radius 1 is 1.00 bits per heavy atom. The minimum atomic E-state index is 0.294. The summed E-state index contributed by atoms with van der Waals surface area (Å²) in [5.41, 5.74) is 6.38. The van der Waals surface area contributed by atoms with E-state index in [9.17, 15) is 0 Å². The number of aryl methyl sites for hydroxylation is 2. The molecule has 0 radical (unpaired) electrons. The molecule has 0 aliphatic carbocycles. The monoisotopic (exact) mass is 238 g/mol. The second-order valence-corrected chi connectivity index (χ2v) is 5.00. The van der Waals surface area contributed by atoms with Crippen LogP contribution in [0.15, 0.2) is 42.5 Å². The molecule has 1 atom stereocenters. The van der Waals surface area contributed by atoms with Crippen LogP contribution in [-0.2, 0) is 0 Å². The zero-order valence-electron chi connectivity index (χ0n) is 11.1. The molecule has 0 fully saturated rings. The maximum atomic E-state index is 3.52. The van der Waals surface area contributed by atoms with Gasteiger partial charge in [0.05, 0.1) is 11.4 Å². The van der Waals surface area contributed by atoms with Crippen LogP contribution in [0, 0.1) is 13.8 Å². The number of nitrogens with one attached hydrogen (secondary N) is 1. The van der Waals surface area contributed by atoms with Crippen molar-refractivity contribution in [1.82, 2.24) is 0 Å². The second-order valence-electron chi connectivity index (χ2n) is 5.00. The highest BCUT2D eigenvalue weighted by atomic mass is 15.3. The van der Waals surface area contributed by atoms with E-state index in [1.807, 2.05) is 0 Å². The van der Waals surface area contributed by atoms with Crippen molar-refractivity contribution in [2.45, 2.75) is 26.9 Å². The van der Waals surface area contributed by atoms with Gasteiger partial charge in [-0.15, -0.1) is 0 Å². The van der Waals surface area contributed by atoms with Gasteiger partial charge in [-0.25, -0.2) is 0 Å². The second kappa shape index (κ2) is 4.05. The van der Waals surface area contributed by atoms with Gasteiger partial charge >= 0.3 is 0 Å². The summed E-state index contributed by atoms with van der Waals surface area (Å²) in [6.45, 7) is 6.51. The van der Waals surface area contributed by atoms with Crippen molar-refractivity contribution in [2.75, 3.05) is 10.2 Å². The Labute approximate surface area is 108 Å². The predicted molar refractivity (Wildman–Crippen MR) is 77.6 cm³/mol. The van der Waals surface area contributed by atoms with E-state index in [0.717, 1.165) is 0 Å². The van der Waals surface area contributed by atoms with E-state index >= 15 is 0 Å². The number of benzene rings is 2. The highest BCUT2D eigenvalue weighted by Gasteiger charge is 2.26. The van der Waals surface area contributed by atoms with E-state index < -0.39 is 0 Å². The van der Waals surface area contributed by atoms with Gasteiger partial charge in [0.25, 0.3) is 0 Å². The standard InChI is InChI=1S/C16H18N2/c1-11-8-9-12(2)16(10-11)18-13(3)17-14-6-4-5-7-15(14)18/h4-10,13,17H,1-3H3. The van der Waals surface area contributed by atoms with Crippen molar-refractivity contribution in [3.8, 4) is 0 Å². The Morgan fingerprint density at radius 3 is 2.61 bits per heavy atom.